The van der Waals surface area contributed by atoms with E-state index in [1.165, 1.54) is 19.1 Å². The fourth-order valence-corrected chi connectivity index (χ4v) is 9.29. The van der Waals surface area contributed by atoms with Crippen molar-refractivity contribution in [1.29, 1.82) is 0 Å². The number of alkyl halides is 2. The van der Waals surface area contributed by atoms with Gasteiger partial charge in [0.05, 0.1) is 11.9 Å². The maximum atomic E-state index is 17.5. The van der Waals surface area contributed by atoms with Crippen molar-refractivity contribution in [2.24, 2.45) is 28.6 Å². The van der Waals surface area contributed by atoms with E-state index in [-0.39, 0.29) is 49.6 Å². The Labute approximate surface area is 256 Å². The lowest BCUT2D eigenvalue weighted by atomic mass is 9.44. The zero-order chi connectivity index (χ0) is 31.8. The van der Waals surface area contributed by atoms with Gasteiger partial charge in [-0.1, -0.05) is 63.8 Å². The average Bonchev–Trinajstić information content (AvgIpc) is 3.18. The standard InChI is InChI=1S/C33H42F2O7S/c1-6-8-11-28(39)41-14-9-10-15-43-29(40)33(42-27(38)7-2)20(3)16-22-23-18-25(34)24-17-21(36)12-13-30(24,4)32(23,35)26(37)19-31(22,33)5/h12-13,17,20,22-23,25-26,37H,6-8,11,14-16,18-19H2,1-5H3/t20-,22?,23?,25+,26+,30+,31+,32+,33+/m1/s1. The van der Waals surface area contributed by atoms with Crippen LogP contribution in [0, 0.1) is 40.4 Å². The fraction of sp³-hybridized carbons (Fsp3) is 0.697. The lowest BCUT2D eigenvalue weighted by molar-refractivity contribution is -0.228. The van der Waals surface area contributed by atoms with Crippen LogP contribution in [0.2, 0.25) is 0 Å². The smallest absolute Gasteiger partial charge is 0.306 e. The van der Waals surface area contributed by atoms with Gasteiger partial charge < -0.3 is 14.6 Å². The van der Waals surface area contributed by atoms with Gasteiger partial charge >= 0.3 is 11.9 Å². The second kappa shape index (κ2) is 12.5. The minimum absolute atomic E-state index is 0.00695. The van der Waals surface area contributed by atoms with Crippen LogP contribution < -0.4 is 0 Å². The Kier molecular flexibility index (Phi) is 9.68. The molecule has 0 radical (unpaired) electrons. The molecule has 236 valence electrons. The largest absolute Gasteiger partial charge is 0.452 e. The van der Waals surface area contributed by atoms with Gasteiger partial charge in [-0.05, 0) is 56.3 Å². The maximum Gasteiger partial charge on any atom is 0.306 e. The second-order valence-electron chi connectivity index (χ2n) is 12.8. The van der Waals surface area contributed by atoms with Crippen LogP contribution in [0.5, 0.6) is 0 Å². The van der Waals surface area contributed by atoms with Crippen LogP contribution in [0.15, 0.2) is 23.8 Å². The van der Waals surface area contributed by atoms with E-state index in [0.717, 1.165) is 30.7 Å². The molecule has 4 rings (SSSR count). The van der Waals surface area contributed by atoms with Crippen LogP contribution in [-0.2, 0) is 28.7 Å². The first-order valence-electron chi connectivity index (χ1n) is 15.2. The molecular formula is C33H42F2O7S. The maximum absolute atomic E-state index is 17.5. The number of rotatable bonds is 8. The van der Waals surface area contributed by atoms with Gasteiger partial charge in [-0.25, -0.2) is 8.78 Å². The number of ketones is 1. The van der Waals surface area contributed by atoms with Crippen LogP contribution in [-0.4, -0.2) is 63.8 Å². The van der Waals surface area contributed by atoms with E-state index in [1.807, 2.05) is 6.92 Å². The van der Waals surface area contributed by atoms with Crippen LogP contribution in [0.3, 0.4) is 0 Å². The van der Waals surface area contributed by atoms with Crippen molar-refractivity contribution >= 4 is 34.6 Å². The first-order chi connectivity index (χ1) is 20.2. The van der Waals surface area contributed by atoms with Crippen molar-refractivity contribution < 1.29 is 42.5 Å². The number of halogens is 2. The number of carbonyl (C=O) groups excluding carboxylic acids is 4. The van der Waals surface area contributed by atoms with E-state index < -0.39 is 69.0 Å². The summed E-state index contributed by atoms with van der Waals surface area (Å²) in [5.74, 6) is 2.08. The van der Waals surface area contributed by atoms with Gasteiger partial charge in [0.2, 0.25) is 5.12 Å². The molecular weight excluding hydrogens is 578 g/mol. The van der Waals surface area contributed by atoms with Crippen molar-refractivity contribution in [2.75, 3.05) is 12.4 Å². The Bertz CT molecular complexity index is 1290. The summed E-state index contributed by atoms with van der Waals surface area (Å²) in [5, 5.41) is 11.2. The first kappa shape index (κ1) is 33.4. The molecule has 0 aliphatic heterocycles. The molecule has 3 fully saturated rings. The summed E-state index contributed by atoms with van der Waals surface area (Å²) in [7, 11) is 0. The summed E-state index contributed by atoms with van der Waals surface area (Å²) in [6.07, 6.45) is 2.25. The lowest BCUT2D eigenvalue weighted by Gasteiger charge is -2.63. The molecule has 4 aliphatic carbocycles. The monoisotopic (exact) mass is 620 g/mol. The molecule has 0 aromatic carbocycles. The molecule has 0 bridgehead atoms. The van der Waals surface area contributed by atoms with E-state index in [0.29, 0.717) is 6.42 Å². The molecule has 0 amide bonds. The normalized spacial score (nSPS) is 39.4. The molecule has 0 spiro atoms. The topological polar surface area (TPSA) is 107 Å². The third-order valence-corrected chi connectivity index (χ3v) is 11.3. The van der Waals surface area contributed by atoms with Crippen molar-refractivity contribution in [1.82, 2.24) is 0 Å². The van der Waals surface area contributed by atoms with Crippen LogP contribution >= 0.6 is 11.8 Å². The molecule has 3 saturated carbocycles. The van der Waals surface area contributed by atoms with Gasteiger partial charge in [0.25, 0.3) is 0 Å². The van der Waals surface area contributed by atoms with Crippen LogP contribution in [0.1, 0.15) is 79.6 Å². The lowest BCUT2D eigenvalue weighted by Crippen LogP contribution is -2.70. The zero-order valence-corrected chi connectivity index (χ0v) is 26.4. The van der Waals surface area contributed by atoms with Gasteiger partial charge in [0, 0.05) is 35.5 Å². The Morgan fingerprint density at radius 3 is 2.53 bits per heavy atom. The number of unbranched alkanes of at least 4 members (excludes halogenated alkanes) is 1. The van der Waals surface area contributed by atoms with E-state index >= 15 is 8.78 Å². The Morgan fingerprint density at radius 2 is 1.86 bits per heavy atom. The van der Waals surface area contributed by atoms with E-state index in [9.17, 15) is 24.3 Å². The third kappa shape index (κ3) is 5.28. The number of aliphatic hydroxyl groups excluding tert-OH is 1. The molecule has 4 aliphatic rings. The summed E-state index contributed by atoms with van der Waals surface area (Å²) >= 11 is 0.866. The Hall–Kier alpha value is -2.51. The minimum Gasteiger partial charge on any atom is -0.452 e. The number of carbonyl (C=O) groups is 4. The quantitative estimate of drug-likeness (QED) is 0.290. The van der Waals surface area contributed by atoms with E-state index in [4.69, 9.17) is 9.47 Å². The fourth-order valence-electron chi connectivity index (χ4n) is 8.29. The zero-order valence-electron chi connectivity index (χ0n) is 25.5. The van der Waals surface area contributed by atoms with Gasteiger partial charge in [0.15, 0.2) is 23.7 Å². The predicted molar refractivity (Wildman–Crippen MR) is 158 cm³/mol. The Balaban J connectivity index is 1.64. The van der Waals surface area contributed by atoms with Crippen LogP contribution in [0.25, 0.3) is 0 Å². The van der Waals surface area contributed by atoms with Crippen molar-refractivity contribution in [3.05, 3.63) is 23.8 Å². The third-order valence-electron chi connectivity index (χ3n) is 10.5. The highest BCUT2D eigenvalue weighted by Crippen LogP contribution is 2.72. The highest BCUT2D eigenvalue weighted by Gasteiger charge is 2.78. The molecule has 9 atom stereocenters. The van der Waals surface area contributed by atoms with E-state index in [1.54, 1.807) is 20.8 Å². The first-order valence-corrected chi connectivity index (χ1v) is 16.2. The van der Waals surface area contributed by atoms with Gasteiger partial charge in [-0.2, -0.15) is 0 Å². The van der Waals surface area contributed by atoms with Gasteiger partial charge in [-0.15, -0.1) is 0 Å². The molecule has 43 heavy (non-hydrogen) atoms. The van der Waals surface area contributed by atoms with E-state index in [2.05, 4.69) is 11.8 Å². The molecule has 0 aromatic heterocycles. The average molecular weight is 621 g/mol. The highest BCUT2D eigenvalue weighted by atomic mass is 32.2. The molecule has 0 saturated heterocycles. The molecule has 7 nitrogen and oxygen atoms in total. The predicted octanol–water partition coefficient (Wildman–Crippen LogP) is 5.24. The van der Waals surface area contributed by atoms with Gasteiger partial charge in [-0.3, -0.25) is 19.2 Å². The number of allylic oxidation sites excluding steroid dienone is 4. The second-order valence-corrected chi connectivity index (χ2v) is 13.7. The van der Waals surface area contributed by atoms with Crippen molar-refractivity contribution in [2.45, 2.75) is 103 Å². The number of thioether (sulfide) groups is 1. The summed E-state index contributed by atoms with van der Waals surface area (Å²) in [6, 6.07) is 0. The molecule has 1 N–H and O–H groups in total. The number of ether oxygens (including phenoxy) is 2. The minimum atomic E-state index is -2.30. The number of hydrogen-bond donors (Lipinski definition) is 1. The molecule has 0 aromatic rings. The number of esters is 2. The van der Waals surface area contributed by atoms with Crippen LogP contribution in [0.4, 0.5) is 8.78 Å². The highest BCUT2D eigenvalue weighted by molar-refractivity contribution is 8.14. The van der Waals surface area contributed by atoms with Crippen molar-refractivity contribution in [3.8, 4) is 11.8 Å². The Morgan fingerprint density at radius 1 is 1.14 bits per heavy atom. The number of fused-ring (bicyclic) bond motifs is 5. The van der Waals surface area contributed by atoms with Crippen molar-refractivity contribution in [3.63, 3.8) is 0 Å². The summed E-state index contributed by atoms with van der Waals surface area (Å²) in [5.41, 5.74) is -6.73. The summed E-state index contributed by atoms with van der Waals surface area (Å²) < 4.78 is 44.4. The SMILES string of the molecule is CCCCC(=O)OCC#CCSC(=O)[C@@]1(OC(=O)CC)[C@H](C)CC2C3C[C@H](F)C4=CC(=O)C=C[C@]4(C)[C@@]3(F)[C@@H](O)C[C@@]21C. The summed E-state index contributed by atoms with van der Waals surface area (Å²) in [6.45, 7) is 8.53. The van der Waals surface area contributed by atoms with Gasteiger partial charge in [0.1, 0.15) is 6.17 Å². The summed E-state index contributed by atoms with van der Waals surface area (Å²) in [4.78, 5) is 50.7. The molecule has 0 heterocycles. The number of hydrogen-bond acceptors (Lipinski definition) is 8. The molecule has 2 unspecified atom stereocenters. The molecule has 10 heteroatoms. The number of aliphatic hydroxyl groups is 1.